The van der Waals surface area contributed by atoms with Crippen molar-refractivity contribution in [1.29, 1.82) is 0 Å². The minimum Gasteiger partial charge on any atom is -0.484 e. The SMILES string of the molecule is C[C@H](C(=O)NCc1cccnc1)N(Cc1ccccc1)C(=O)COc1ccc(S(=O)(=O)Nc2ccc(F)cc2)cc1. The van der Waals surface area contributed by atoms with E-state index in [2.05, 4.69) is 15.0 Å². The smallest absolute Gasteiger partial charge is 0.261 e. The summed E-state index contributed by atoms with van der Waals surface area (Å²) in [6.45, 7) is 1.74. The maximum absolute atomic E-state index is 13.3. The molecule has 4 aromatic rings. The molecule has 0 unspecified atom stereocenters. The number of hydrogen-bond acceptors (Lipinski definition) is 6. The third-order valence-electron chi connectivity index (χ3n) is 6.15. The van der Waals surface area contributed by atoms with E-state index in [9.17, 15) is 22.4 Å². The maximum Gasteiger partial charge on any atom is 0.261 e. The monoisotopic (exact) mass is 576 g/mol. The molecule has 1 atom stereocenters. The molecule has 0 radical (unpaired) electrons. The van der Waals surface area contributed by atoms with Crippen LogP contribution >= 0.6 is 0 Å². The van der Waals surface area contributed by atoms with Gasteiger partial charge in [0, 0.05) is 31.2 Å². The van der Waals surface area contributed by atoms with Crippen LogP contribution in [0.3, 0.4) is 0 Å². The van der Waals surface area contributed by atoms with Gasteiger partial charge in [0.2, 0.25) is 5.91 Å². The molecular formula is C30H29FN4O5S. The molecule has 0 bridgehead atoms. The quantitative estimate of drug-likeness (QED) is 0.262. The Labute approximate surface area is 238 Å². The molecule has 1 aromatic heterocycles. The molecule has 0 saturated heterocycles. The Kier molecular flexibility index (Phi) is 9.64. The average molecular weight is 577 g/mol. The Morgan fingerprint density at radius 2 is 1.61 bits per heavy atom. The zero-order chi connectivity index (χ0) is 29.2. The van der Waals surface area contributed by atoms with Crippen molar-refractivity contribution in [3.8, 4) is 5.75 Å². The van der Waals surface area contributed by atoms with E-state index < -0.39 is 27.8 Å². The van der Waals surface area contributed by atoms with Crippen LogP contribution in [0.5, 0.6) is 5.75 Å². The summed E-state index contributed by atoms with van der Waals surface area (Å²) in [5.41, 5.74) is 1.89. The molecule has 0 aliphatic rings. The van der Waals surface area contributed by atoms with Gasteiger partial charge in [-0.05, 0) is 72.6 Å². The van der Waals surface area contributed by atoms with Gasteiger partial charge in [-0.15, -0.1) is 0 Å². The molecule has 0 aliphatic carbocycles. The van der Waals surface area contributed by atoms with Crippen LogP contribution in [0.25, 0.3) is 0 Å². The van der Waals surface area contributed by atoms with Gasteiger partial charge in [0.05, 0.1) is 4.90 Å². The lowest BCUT2D eigenvalue weighted by Gasteiger charge is -2.28. The zero-order valence-corrected chi connectivity index (χ0v) is 23.1. The van der Waals surface area contributed by atoms with Gasteiger partial charge in [0.25, 0.3) is 15.9 Å². The second-order valence-electron chi connectivity index (χ2n) is 9.13. The number of nitrogens with zero attached hydrogens (tertiary/aromatic N) is 2. The molecule has 0 spiro atoms. The van der Waals surface area contributed by atoms with Crippen LogP contribution in [0.2, 0.25) is 0 Å². The Bertz CT molecular complexity index is 1550. The number of aromatic nitrogens is 1. The van der Waals surface area contributed by atoms with Gasteiger partial charge in [-0.2, -0.15) is 0 Å². The number of benzene rings is 3. The first-order chi connectivity index (χ1) is 19.7. The topological polar surface area (TPSA) is 118 Å². The van der Waals surface area contributed by atoms with Gasteiger partial charge in [0.15, 0.2) is 6.61 Å². The predicted octanol–water partition coefficient (Wildman–Crippen LogP) is 4.13. The molecule has 0 saturated carbocycles. The highest BCUT2D eigenvalue weighted by Crippen LogP contribution is 2.20. The number of carbonyl (C=O) groups excluding carboxylic acids is 2. The van der Waals surface area contributed by atoms with Crippen LogP contribution < -0.4 is 14.8 Å². The molecule has 2 amide bonds. The number of rotatable bonds is 12. The van der Waals surface area contributed by atoms with Crippen molar-refractivity contribution < 1.29 is 27.1 Å². The first-order valence-corrected chi connectivity index (χ1v) is 14.2. The van der Waals surface area contributed by atoms with E-state index in [1.807, 2.05) is 36.4 Å². The summed E-state index contributed by atoms with van der Waals surface area (Å²) in [6, 6.07) is 22.6. The molecule has 1 heterocycles. The van der Waals surface area contributed by atoms with Crippen LogP contribution in [0.4, 0.5) is 10.1 Å². The highest BCUT2D eigenvalue weighted by molar-refractivity contribution is 7.92. The van der Waals surface area contributed by atoms with Gasteiger partial charge in [-0.25, -0.2) is 12.8 Å². The summed E-state index contributed by atoms with van der Waals surface area (Å²) in [5.74, 6) is -0.965. The van der Waals surface area contributed by atoms with Gasteiger partial charge in [-0.3, -0.25) is 19.3 Å². The molecule has 3 aromatic carbocycles. The number of pyridine rings is 1. The van der Waals surface area contributed by atoms with Crippen LogP contribution in [-0.4, -0.2) is 42.8 Å². The summed E-state index contributed by atoms with van der Waals surface area (Å²) in [4.78, 5) is 31.7. The van der Waals surface area contributed by atoms with Crippen LogP contribution in [-0.2, 0) is 32.7 Å². The highest BCUT2D eigenvalue weighted by Gasteiger charge is 2.26. The lowest BCUT2D eigenvalue weighted by Crippen LogP contribution is -2.48. The van der Waals surface area contributed by atoms with Crippen molar-refractivity contribution in [3.05, 3.63) is 120 Å². The van der Waals surface area contributed by atoms with Crippen molar-refractivity contribution in [1.82, 2.24) is 15.2 Å². The van der Waals surface area contributed by atoms with Crippen LogP contribution in [0.15, 0.2) is 108 Å². The lowest BCUT2D eigenvalue weighted by atomic mass is 10.1. The van der Waals surface area contributed by atoms with E-state index >= 15 is 0 Å². The van der Waals surface area contributed by atoms with Crippen molar-refractivity contribution >= 4 is 27.5 Å². The van der Waals surface area contributed by atoms with Crippen LogP contribution in [0, 0.1) is 5.82 Å². The number of amides is 2. The molecule has 4 rings (SSSR count). The van der Waals surface area contributed by atoms with Crippen molar-refractivity contribution in [2.24, 2.45) is 0 Å². The predicted molar refractivity (Wildman–Crippen MR) is 152 cm³/mol. The van der Waals surface area contributed by atoms with E-state index in [1.165, 1.54) is 41.3 Å². The van der Waals surface area contributed by atoms with Gasteiger partial charge < -0.3 is 15.0 Å². The molecule has 41 heavy (non-hydrogen) atoms. The van der Waals surface area contributed by atoms with E-state index in [0.717, 1.165) is 23.3 Å². The molecule has 11 heteroatoms. The molecule has 0 aliphatic heterocycles. The standard InChI is InChI=1S/C30H29FN4O5S/c1-22(30(37)33-19-24-8-5-17-32-18-24)35(20-23-6-3-2-4-7-23)29(36)21-40-27-13-15-28(16-14-27)41(38,39)34-26-11-9-25(31)10-12-26/h2-18,22,34H,19-21H2,1H3,(H,33,37)/t22-/m1/s1. The minimum atomic E-state index is -3.92. The number of halogens is 1. The Morgan fingerprint density at radius 3 is 2.27 bits per heavy atom. The van der Waals surface area contributed by atoms with Gasteiger partial charge in [0.1, 0.15) is 17.6 Å². The summed E-state index contributed by atoms with van der Waals surface area (Å²) in [5, 5.41) is 2.84. The fourth-order valence-electron chi connectivity index (χ4n) is 3.88. The molecular weight excluding hydrogens is 547 g/mol. The summed E-state index contributed by atoms with van der Waals surface area (Å²) in [7, 11) is -3.92. The lowest BCUT2D eigenvalue weighted by molar-refractivity contribution is -0.142. The number of carbonyl (C=O) groups is 2. The fourth-order valence-corrected chi connectivity index (χ4v) is 4.94. The molecule has 9 nitrogen and oxygen atoms in total. The van der Waals surface area contributed by atoms with E-state index in [4.69, 9.17) is 4.74 Å². The zero-order valence-electron chi connectivity index (χ0n) is 22.2. The maximum atomic E-state index is 13.3. The minimum absolute atomic E-state index is 0.0369. The van der Waals surface area contributed by atoms with Gasteiger partial charge >= 0.3 is 0 Å². The second-order valence-corrected chi connectivity index (χ2v) is 10.8. The number of sulfonamides is 1. The van der Waals surface area contributed by atoms with Gasteiger partial charge in [-0.1, -0.05) is 36.4 Å². The molecule has 212 valence electrons. The summed E-state index contributed by atoms with van der Waals surface area (Å²) < 4.78 is 46.5. The van der Waals surface area contributed by atoms with Crippen molar-refractivity contribution in [2.75, 3.05) is 11.3 Å². The Hall–Kier alpha value is -4.77. The Balaban J connectivity index is 1.40. The highest BCUT2D eigenvalue weighted by atomic mass is 32.2. The third-order valence-corrected chi connectivity index (χ3v) is 7.54. The Morgan fingerprint density at radius 1 is 0.927 bits per heavy atom. The number of hydrogen-bond donors (Lipinski definition) is 2. The number of ether oxygens (including phenoxy) is 1. The molecule has 2 N–H and O–H groups in total. The average Bonchev–Trinajstić information content (AvgIpc) is 2.99. The molecule has 0 fully saturated rings. The van der Waals surface area contributed by atoms with E-state index in [0.29, 0.717) is 0 Å². The third kappa shape index (κ3) is 8.36. The second kappa shape index (κ2) is 13.5. The number of nitrogens with one attached hydrogen (secondary N) is 2. The van der Waals surface area contributed by atoms with Crippen molar-refractivity contribution in [2.45, 2.75) is 31.0 Å². The normalized spacial score (nSPS) is 11.8. The van der Waals surface area contributed by atoms with Crippen LogP contribution in [0.1, 0.15) is 18.1 Å². The summed E-state index contributed by atoms with van der Waals surface area (Å²) >= 11 is 0. The summed E-state index contributed by atoms with van der Waals surface area (Å²) in [6.07, 6.45) is 3.30. The number of anilines is 1. The van der Waals surface area contributed by atoms with E-state index in [1.54, 1.807) is 25.4 Å². The van der Waals surface area contributed by atoms with E-state index in [-0.39, 0.29) is 41.9 Å². The first kappa shape index (κ1) is 29.2. The first-order valence-electron chi connectivity index (χ1n) is 12.7. The largest absolute Gasteiger partial charge is 0.484 e. The fraction of sp³-hybridized carbons (Fsp3) is 0.167. The van der Waals surface area contributed by atoms with Crippen molar-refractivity contribution in [3.63, 3.8) is 0 Å².